The Hall–Kier alpha value is -1.09. The first-order chi connectivity index (χ1) is 6.36. The molecular weight excluding hydrogens is 164 g/mol. The van der Waals surface area contributed by atoms with Gasteiger partial charge in [-0.3, -0.25) is 0 Å². The van der Waals surface area contributed by atoms with E-state index in [0.29, 0.717) is 6.10 Å². The third-order valence-corrected chi connectivity index (χ3v) is 2.25. The molecule has 70 valence electrons. The first-order valence-corrected chi connectivity index (χ1v) is 4.65. The molecule has 3 nitrogen and oxygen atoms in total. The van der Waals surface area contributed by atoms with Crippen LogP contribution in [0.3, 0.4) is 0 Å². The van der Waals surface area contributed by atoms with E-state index in [-0.39, 0.29) is 0 Å². The first-order valence-electron chi connectivity index (χ1n) is 4.65. The van der Waals surface area contributed by atoms with Crippen LogP contribution in [0.2, 0.25) is 0 Å². The molecule has 1 aliphatic rings. The SMILES string of the molecule is Cc1cccnc1OC1CCNC1. The summed E-state index contributed by atoms with van der Waals surface area (Å²) in [6.07, 6.45) is 3.15. The Balaban J connectivity index is 2.04. The van der Waals surface area contributed by atoms with Crippen LogP contribution in [0.1, 0.15) is 12.0 Å². The van der Waals surface area contributed by atoms with Gasteiger partial charge in [-0.15, -0.1) is 0 Å². The molecule has 0 saturated carbocycles. The van der Waals surface area contributed by atoms with Gasteiger partial charge in [0.15, 0.2) is 0 Å². The second-order valence-electron chi connectivity index (χ2n) is 3.36. The maximum atomic E-state index is 5.73. The van der Waals surface area contributed by atoms with Crippen molar-refractivity contribution in [3.05, 3.63) is 23.9 Å². The molecule has 1 aliphatic heterocycles. The second-order valence-corrected chi connectivity index (χ2v) is 3.36. The molecule has 0 spiro atoms. The fraction of sp³-hybridized carbons (Fsp3) is 0.500. The van der Waals surface area contributed by atoms with E-state index in [1.807, 2.05) is 19.1 Å². The summed E-state index contributed by atoms with van der Waals surface area (Å²) in [5.74, 6) is 0.774. The lowest BCUT2D eigenvalue weighted by molar-refractivity contribution is 0.212. The van der Waals surface area contributed by atoms with Crippen LogP contribution in [0.25, 0.3) is 0 Å². The van der Waals surface area contributed by atoms with Crippen LogP contribution < -0.4 is 10.1 Å². The number of pyridine rings is 1. The average molecular weight is 178 g/mol. The first kappa shape index (κ1) is 8.51. The smallest absolute Gasteiger partial charge is 0.216 e. The molecule has 0 aliphatic carbocycles. The third-order valence-electron chi connectivity index (χ3n) is 2.25. The lowest BCUT2D eigenvalue weighted by atomic mass is 10.3. The van der Waals surface area contributed by atoms with E-state index in [1.165, 1.54) is 0 Å². The summed E-state index contributed by atoms with van der Waals surface area (Å²) in [6, 6.07) is 3.94. The zero-order valence-corrected chi connectivity index (χ0v) is 7.79. The number of hydrogen-bond donors (Lipinski definition) is 1. The summed E-state index contributed by atoms with van der Waals surface area (Å²) in [7, 11) is 0. The van der Waals surface area contributed by atoms with Gasteiger partial charge in [0.2, 0.25) is 5.88 Å². The molecule has 2 rings (SSSR count). The van der Waals surface area contributed by atoms with Crippen molar-refractivity contribution in [1.82, 2.24) is 10.3 Å². The number of rotatable bonds is 2. The average Bonchev–Trinajstić information content (AvgIpc) is 2.61. The molecule has 3 heteroatoms. The van der Waals surface area contributed by atoms with E-state index in [9.17, 15) is 0 Å². The van der Waals surface area contributed by atoms with E-state index in [4.69, 9.17) is 4.74 Å². The Morgan fingerprint density at radius 1 is 1.62 bits per heavy atom. The fourth-order valence-corrected chi connectivity index (χ4v) is 1.48. The molecule has 0 aromatic carbocycles. The number of ether oxygens (including phenoxy) is 1. The lowest BCUT2D eigenvalue weighted by Gasteiger charge is -2.12. The summed E-state index contributed by atoms with van der Waals surface area (Å²) < 4.78 is 5.73. The molecule has 1 N–H and O–H groups in total. The van der Waals surface area contributed by atoms with Crippen molar-refractivity contribution in [2.75, 3.05) is 13.1 Å². The Morgan fingerprint density at radius 2 is 2.54 bits per heavy atom. The summed E-state index contributed by atoms with van der Waals surface area (Å²) in [6.45, 7) is 4.01. The largest absolute Gasteiger partial charge is 0.473 e. The molecule has 0 amide bonds. The van der Waals surface area contributed by atoms with Crippen molar-refractivity contribution in [2.24, 2.45) is 0 Å². The van der Waals surface area contributed by atoms with Crippen LogP contribution >= 0.6 is 0 Å². The highest BCUT2D eigenvalue weighted by Crippen LogP contribution is 2.16. The molecule has 1 aromatic rings. The molecule has 1 saturated heterocycles. The number of hydrogen-bond acceptors (Lipinski definition) is 3. The number of nitrogens with one attached hydrogen (secondary N) is 1. The third kappa shape index (κ3) is 1.98. The standard InChI is InChI=1S/C10H14N2O/c1-8-3-2-5-12-10(8)13-9-4-6-11-7-9/h2-3,5,9,11H,4,6-7H2,1H3. The van der Waals surface area contributed by atoms with Gasteiger partial charge in [0, 0.05) is 18.3 Å². The van der Waals surface area contributed by atoms with Crippen molar-refractivity contribution in [2.45, 2.75) is 19.4 Å². The zero-order valence-electron chi connectivity index (χ0n) is 7.79. The predicted molar refractivity (Wildman–Crippen MR) is 50.9 cm³/mol. The van der Waals surface area contributed by atoms with Gasteiger partial charge < -0.3 is 10.1 Å². The van der Waals surface area contributed by atoms with Gasteiger partial charge >= 0.3 is 0 Å². The van der Waals surface area contributed by atoms with Crippen LogP contribution in [-0.2, 0) is 0 Å². The molecule has 0 bridgehead atoms. The maximum absolute atomic E-state index is 5.73. The van der Waals surface area contributed by atoms with Crippen LogP contribution in [0.15, 0.2) is 18.3 Å². The molecule has 1 atom stereocenters. The van der Waals surface area contributed by atoms with E-state index in [2.05, 4.69) is 10.3 Å². The summed E-state index contributed by atoms with van der Waals surface area (Å²) in [5.41, 5.74) is 1.11. The minimum absolute atomic E-state index is 0.300. The van der Waals surface area contributed by atoms with Gasteiger partial charge in [0.05, 0.1) is 0 Å². The predicted octanol–water partition coefficient (Wildman–Crippen LogP) is 1.13. The van der Waals surface area contributed by atoms with E-state index in [1.54, 1.807) is 6.20 Å². The summed E-state index contributed by atoms with van der Waals surface area (Å²) in [4.78, 5) is 4.19. The highest BCUT2D eigenvalue weighted by atomic mass is 16.5. The van der Waals surface area contributed by atoms with Crippen molar-refractivity contribution in [3.8, 4) is 5.88 Å². The summed E-state index contributed by atoms with van der Waals surface area (Å²) >= 11 is 0. The molecule has 1 aromatic heterocycles. The minimum Gasteiger partial charge on any atom is -0.473 e. The number of nitrogens with zero attached hydrogens (tertiary/aromatic N) is 1. The lowest BCUT2D eigenvalue weighted by Crippen LogP contribution is -2.20. The number of aromatic nitrogens is 1. The topological polar surface area (TPSA) is 34.1 Å². The Labute approximate surface area is 78.1 Å². The maximum Gasteiger partial charge on any atom is 0.216 e. The van der Waals surface area contributed by atoms with Gasteiger partial charge in [-0.2, -0.15) is 0 Å². The van der Waals surface area contributed by atoms with Crippen LogP contribution in [-0.4, -0.2) is 24.2 Å². The highest BCUT2D eigenvalue weighted by molar-refractivity contribution is 5.23. The minimum atomic E-state index is 0.300. The normalized spacial score (nSPS) is 21.8. The van der Waals surface area contributed by atoms with Crippen LogP contribution in [0.5, 0.6) is 5.88 Å². The quantitative estimate of drug-likeness (QED) is 0.737. The number of aryl methyl sites for hydroxylation is 1. The zero-order chi connectivity index (χ0) is 9.10. The monoisotopic (exact) mass is 178 g/mol. The van der Waals surface area contributed by atoms with Gasteiger partial charge in [-0.25, -0.2) is 4.98 Å². The Bertz CT molecular complexity index is 282. The van der Waals surface area contributed by atoms with Gasteiger partial charge in [0.1, 0.15) is 6.10 Å². The van der Waals surface area contributed by atoms with Crippen molar-refractivity contribution in [3.63, 3.8) is 0 Å². The highest BCUT2D eigenvalue weighted by Gasteiger charge is 2.16. The van der Waals surface area contributed by atoms with Gasteiger partial charge in [0.25, 0.3) is 0 Å². The molecule has 13 heavy (non-hydrogen) atoms. The molecular formula is C10H14N2O. The Morgan fingerprint density at radius 3 is 3.23 bits per heavy atom. The molecule has 0 radical (unpaired) electrons. The van der Waals surface area contributed by atoms with Crippen molar-refractivity contribution >= 4 is 0 Å². The van der Waals surface area contributed by atoms with Gasteiger partial charge in [-0.05, 0) is 26.0 Å². The van der Waals surface area contributed by atoms with E-state index >= 15 is 0 Å². The van der Waals surface area contributed by atoms with Crippen LogP contribution in [0, 0.1) is 6.92 Å². The van der Waals surface area contributed by atoms with Crippen LogP contribution in [0.4, 0.5) is 0 Å². The Kier molecular flexibility index (Phi) is 2.45. The van der Waals surface area contributed by atoms with E-state index < -0.39 is 0 Å². The second kappa shape index (κ2) is 3.75. The van der Waals surface area contributed by atoms with Crippen molar-refractivity contribution in [1.29, 1.82) is 0 Å². The summed E-state index contributed by atoms with van der Waals surface area (Å²) in [5, 5.41) is 3.26. The molecule has 1 fully saturated rings. The van der Waals surface area contributed by atoms with E-state index in [0.717, 1.165) is 31.0 Å². The fourth-order valence-electron chi connectivity index (χ4n) is 1.48. The van der Waals surface area contributed by atoms with Gasteiger partial charge in [-0.1, -0.05) is 6.07 Å². The molecule has 1 unspecified atom stereocenters. The van der Waals surface area contributed by atoms with Crippen molar-refractivity contribution < 1.29 is 4.74 Å². The molecule has 2 heterocycles.